The number of hydrogen-bond donors (Lipinski definition) is 0. The first kappa shape index (κ1) is 15.8. The van der Waals surface area contributed by atoms with Crippen molar-refractivity contribution in [1.29, 1.82) is 0 Å². The summed E-state index contributed by atoms with van der Waals surface area (Å²) in [6, 6.07) is 14.1. The Morgan fingerprint density at radius 2 is 2.15 bits per heavy atom. The number of fused-ring (bicyclic) bond motifs is 2. The molecule has 6 heteroatoms. The van der Waals surface area contributed by atoms with E-state index in [-0.39, 0.29) is 6.10 Å². The molecular formula is C20H16BrN3O2. The highest BCUT2D eigenvalue weighted by atomic mass is 79.9. The van der Waals surface area contributed by atoms with Gasteiger partial charge in [0.15, 0.2) is 0 Å². The molecule has 1 aromatic carbocycles. The van der Waals surface area contributed by atoms with Crippen LogP contribution in [-0.2, 0) is 4.74 Å². The molecule has 0 aliphatic carbocycles. The van der Waals surface area contributed by atoms with Crippen LogP contribution in [0.2, 0.25) is 0 Å². The minimum absolute atomic E-state index is 0.131. The van der Waals surface area contributed by atoms with Crippen LogP contribution in [0.15, 0.2) is 59.3 Å². The Morgan fingerprint density at radius 1 is 1.19 bits per heavy atom. The Labute approximate surface area is 158 Å². The zero-order valence-corrected chi connectivity index (χ0v) is 15.5. The topological polar surface area (TPSA) is 48.7 Å². The summed E-state index contributed by atoms with van der Waals surface area (Å²) in [6.45, 7) is 1.42. The lowest BCUT2D eigenvalue weighted by molar-refractivity contribution is 0.141. The minimum Gasteiger partial charge on any atom is -0.488 e. The molecule has 0 spiro atoms. The Kier molecular flexibility index (Phi) is 3.87. The van der Waals surface area contributed by atoms with Gasteiger partial charge >= 0.3 is 0 Å². The molecule has 1 unspecified atom stereocenters. The van der Waals surface area contributed by atoms with E-state index >= 15 is 0 Å². The third-order valence-electron chi connectivity index (χ3n) is 4.61. The van der Waals surface area contributed by atoms with E-state index < -0.39 is 0 Å². The first-order valence-electron chi connectivity index (χ1n) is 8.55. The van der Waals surface area contributed by atoms with Crippen LogP contribution in [-0.4, -0.2) is 33.7 Å². The predicted octanol–water partition coefficient (Wildman–Crippen LogP) is 4.48. The van der Waals surface area contributed by atoms with Crippen LogP contribution < -0.4 is 4.74 Å². The second kappa shape index (κ2) is 6.37. The number of benzene rings is 1. The summed E-state index contributed by atoms with van der Waals surface area (Å²) in [5.74, 6) is 0.819. The quantitative estimate of drug-likeness (QED) is 0.500. The molecule has 0 saturated carbocycles. The van der Waals surface area contributed by atoms with Crippen molar-refractivity contribution in [2.75, 3.05) is 13.2 Å². The largest absolute Gasteiger partial charge is 0.488 e. The van der Waals surface area contributed by atoms with E-state index in [2.05, 4.69) is 33.0 Å². The van der Waals surface area contributed by atoms with Crippen LogP contribution in [0, 0.1) is 0 Å². The molecule has 130 valence electrons. The fraction of sp³-hybridized carbons (Fsp3) is 0.200. The van der Waals surface area contributed by atoms with Gasteiger partial charge in [-0.05, 0) is 34.1 Å². The van der Waals surface area contributed by atoms with E-state index in [4.69, 9.17) is 14.5 Å². The lowest BCUT2D eigenvalue weighted by atomic mass is 10.2. The van der Waals surface area contributed by atoms with Crippen LogP contribution >= 0.6 is 15.9 Å². The third kappa shape index (κ3) is 2.75. The second-order valence-corrected chi connectivity index (χ2v) is 7.20. The van der Waals surface area contributed by atoms with Gasteiger partial charge in [0.1, 0.15) is 17.5 Å². The minimum atomic E-state index is 0.131. The lowest BCUT2D eigenvalue weighted by Gasteiger charge is -2.12. The molecule has 3 aromatic heterocycles. The third-order valence-corrected chi connectivity index (χ3v) is 5.25. The number of rotatable bonds is 3. The molecule has 0 amide bonds. The number of imidazole rings is 1. The molecule has 1 aliphatic rings. The Morgan fingerprint density at radius 3 is 3.04 bits per heavy atom. The average molecular weight is 410 g/mol. The van der Waals surface area contributed by atoms with Gasteiger partial charge in [0, 0.05) is 28.5 Å². The van der Waals surface area contributed by atoms with Gasteiger partial charge in [-0.15, -0.1) is 0 Å². The van der Waals surface area contributed by atoms with Crippen molar-refractivity contribution in [2.45, 2.75) is 12.5 Å². The average Bonchev–Trinajstić information content (AvgIpc) is 3.31. The second-order valence-electron chi connectivity index (χ2n) is 6.35. The number of pyridine rings is 2. The van der Waals surface area contributed by atoms with Crippen molar-refractivity contribution in [3.05, 3.63) is 59.3 Å². The molecule has 4 aromatic rings. The van der Waals surface area contributed by atoms with Gasteiger partial charge in [0.05, 0.1) is 36.3 Å². The molecule has 1 fully saturated rings. The Hall–Kier alpha value is -2.44. The van der Waals surface area contributed by atoms with E-state index in [1.165, 1.54) is 0 Å². The fourth-order valence-corrected chi connectivity index (χ4v) is 3.75. The Balaban J connectivity index is 1.54. The van der Waals surface area contributed by atoms with Crippen molar-refractivity contribution in [1.82, 2.24) is 14.4 Å². The zero-order valence-electron chi connectivity index (χ0n) is 13.9. The number of nitrogens with zero attached hydrogens (tertiary/aromatic N) is 3. The summed E-state index contributed by atoms with van der Waals surface area (Å²) in [5.41, 5.74) is 3.62. The molecule has 1 saturated heterocycles. The normalized spacial score (nSPS) is 17.2. The summed E-state index contributed by atoms with van der Waals surface area (Å²) in [5, 5.41) is 1.10. The van der Waals surface area contributed by atoms with E-state index in [1.54, 1.807) is 0 Å². The Bertz CT molecular complexity index is 1100. The number of para-hydroxylation sites is 1. The standard InChI is InChI=1S/C20H16BrN3O2/c21-16-3-1-2-13-4-5-17(23-20(13)16)18-11-22-19-10-14(6-8-24(18)19)26-15-7-9-25-12-15/h1-6,8,10-11,15H,7,9,12H2. The molecule has 4 heterocycles. The maximum Gasteiger partial charge on any atom is 0.140 e. The van der Waals surface area contributed by atoms with Gasteiger partial charge in [0.2, 0.25) is 0 Å². The monoisotopic (exact) mass is 409 g/mol. The highest BCUT2D eigenvalue weighted by molar-refractivity contribution is 9.10. The molecule has 0 bridgehead atoms. The fourth-order valence-electron chi connectivity index (χ4n) is 3.28. The SMILES string of the molecule is Brc1cccc2ccc(-c3cnc4cc(OC5CCOC5)ccn34)nc12. The van der Waals surface area contributed by atoms with Crippen LogP contribution in [0.5, 0.6) is 5.75 Å². The van der Waals surface area contributed by atoms with Crippen LogP contribution in [0.25, 0.3) is 27.9 Å². The lowest BCUT2D eigenvalue weighted by Crippen LogP contribution is -2.15. The van der Waals surface area contributed by atoms with E-state index in [0.29, 0.717) is 6.61 Å². The predicted molar refractivity (Wildman–Crippen MR) is 103 cm³/mol. The molecular weight excluding hydrogens is 394 g/mol. The van der Waals surface area contributed by atoms with Gasteiger partial charge in [-0.1, -0.05) is 18.2 Å². The van der Waals surface area contributed by atoms with Gasteiger partial charge in [-0.25, -0.2) is 9.97 Å². The van der Waals surface area contributed by atoms with Crippen LogP contribution in [0.3, 0.4) is 0 Å². The van der Waals surface area contributed by atoms with Gasteiger partial charge in [-0.3, -0.25) is 4.40 Å². The van der Waals surface area contributed by atoms with Gasteiger partial charge in [0.25, 0.3) is 0 Å². The summed E-state index contributed by atoms with van der Waals surface area (Å²) in [6.07, 6.45) is 4.89. The first-order valence-corrected chi connectivity index (χ1v) is 9.34. The van der Waals surface area contributed by atoms with Gasteiger partial charge < -0.3 is 9.47 Å². The zero-order chi connectivity index (χ0) is 17.5. The van der Waals surface area contributed by atoms with Crippen LogP contribution in [0.4, 0.5) is 0 Å². The van der Waals surface area contributed by atoms with Crippen molar-refractivity contribution in [3.63, 3.8) is 0 Å². The van der Waals surface area contributed by atoms with Gasteiger partial charge in [-0.2, -0.15) is 0 Å². The van der Waals surface area contributed by atoms with E-state index in [9.17, 15) is 0 Å². The highest BCUT2D eigenvalue weighted by Crippen LogP contribution is 2.27. The first-order chi connectivity index (χ1) is 12.8. The summed E-state index contributed by atoms with van der Waals surface area (Å²) in [4.78, 5) is 9.35. The number of ether oxygens (including phenoxy) is 2. The summed E-state index contributed by atoms with van der Waals surface area (Å²) < 4.78 is 14.4. The van der Waals surface area contributed by atoms with Crippen molar-refractivity contribution in [2.24, 2.45) is 0 Å². The number of aromatic nitrogens is 3. The van der Waals surface area contributed by atoms with Crippen molar-refractivity contribution < 1.29 is 9.47 Å². The van der Waals surface area contributed by atoms with Crippen molar-refractivity contribution >= 4 is 32.5 Å². The molecule has 26 heavy (non-hydrogen) atoms. The smallest absolute Gasteiger partial charge is 0.140 e. The van der Waals surface area contributed by atoms with Crippen LogP contribution in [0.1, 0.15) is 6.42 Å². The summed E-state index contributed by atoms with van der Waals surface area (Å²) >= 11 is 3.58. The molecule has 5 rings (SSSR count). The number of halogens is 1. The molecule has 0 radical (unpaired) electrons. The van der Waals surface area contributed by atoms with E-state index in [1.807, 2.05) is 47.1 Å². The molecule has 1 atom stereocenters. The maximum absolute atomic E-state index is 5.97. The number of hydrogen-bond acceptors (Lipinski definition) is 4. The molecule has 1 aliphatic heterocycles. The maximum atomic E-state index is 5.97. The summed E-state index contributed by atoms with van der Waals surface area (Å²) in [7, 11) is 0. The van der Waals surface area contributed by atoms with E-state index in [0.717, 1.165) is 51.2 Å². The highest BCUT2D eigenvalue weighted by Gasteiger charge is 2.18. The molecule has 5 nitrogen and oxygen atoms in total. The molecule has 0 N–H and O–H groups in total. The van der Waals surface area contributed by atoms with Crippen molar-refractivity contribution in [3.8, 4) is 17.1 Å².